The van der Waals surface area contributed by atoms with E-state index >= 15 is 0 Å². The Hall–Kier alpha value is -2.99. The maximum Gasteiger partial charge on any atom is 0.292 e. The molecule has 0 saturated carbocycles. The first-order valence-electron chi connectivity index (χ1n) is 7.03. The van der Waals surface area contributed by atoms with Gasteiger partial charge in [0.2, 0.25) is 0 Å². The normalized spacial score (nSPS) is 10.9. The molecule has 1 aromatic heterocycles. The fourth-order valence-corrected chi connectivity index (χ4v) is 2.19. The Labute approximate surface area is 142 Å². The lowest BCUT2D eigenvalue weighted by Gasteiger charge is -2.07. The lowest BCUT2D eigenvalue weighted by Crippen LogP contribution is -2.22. The molecule has 120 valence electrons. The average molecular weight is 343 g/mol. The maximum absolute atomic E-state index is 13.5. The monoisotopic (exact) mass is 342 g/mol. The van der Waals surface area contributed by atoms with E-state index in [4.69, 9.17) is 11.6 Å². The zero-order chi connectivity index (χ0) is 16.9. The molecule has 0 aliphatic carbocycles. The summed E-state index contributed by atoms with van der Waals surface area (Å²) in [6.45, 7) is 0. The summed E-state index contributed by atoms with van der Waals surface area (Å²) in [6, 6.07) is 15.1. The van der Waals surface area contributed by atoms with Crippen molar-refractivity contribution in [2.24, 2.45) is 5.10 Å². The number of hydrazone groups is 1. The van der Waals surface area contributed by atoms with E-state index < -0.39 is 11.4 Å². The zero-order valence-electron chi connectivity index (χ0n) is 12.4. The van der Waals surface area contributed by atoms with Crippen molar-refractivity contribution in [2.45, 2.75) is 0 Å². The van der Waals surface area contributed by atoms with Gasteiger partial charge in [0.25, 0.3) is 5.56 Å². The molecule has 1 N–H and O–H groups in total. The lowest BCUT2D eigenvalue weighted by molar-refractivity contribution is 0.626. The summed E-state index contributed by atoms with van der Waals surface area (Å²) < 4.78 is 14.7. The number of halogens is 2. The smallest absolute Gasteiger partial charge is 0.275 e. The molecule has 0 radical (unpaired) electrons. The molecule has 0 amide bonds. The molecule has 7 heteroatoms. The highest BCUT2D eigenvalue weighted by atomic mass is 35.5. The molecule has 0 saturated heterocycles. The minimum atomic E-state index is -0.478. The van der Waals surface area contributed by atoms with Crippen LogP contribution in [0.25, 0.3) is 5.69 Å². The Morgan fingerprint density at radius 1 is 1.12 bits per heavy atom. The van der Waals surface area contributed by atoms with E-state index in [0.717, 1.165) is 0 Å². The Bertz CT molecular complexity index is 941. The molecular weight excluding hydrogens is 331 g/mol. The van der Waals surface area contributed by atoms with Crippen molar-refractivity contribution >= 4 is 23.5 Å². The van der Waals surface area contributed by atoms with Gasteiger partial charge in [-0.15, -0.1) is 0 Å². The van der Waals surface area contributed by atoms with Gasteiger partial charge in [0.05, 0.1) is 18.1 Å². The number of rotatable bonds is 4. The van der Waals surface area contributed by atoms with Crippen LogP contribution in [-0.2, 0) is 0 Å². The van der Waals surface area contributed by atoms with Crippen molar-refractivity contribution in [2.75, 3.05) is 5.43 Å². The van der Waals surface area contributed by atoms with E-state index in [-0.39, 0.29) is 10.7 Å². The van der Waals surface area contributed by atoms with Crippen LogP contribution in [-0.4, -0.2) is 16.0 Å². The first-order chi connectivity index (χ1) is 11.7. The van der Waals surface area contributed by atoms with Crippen LogP contribution in [0.4, 0.5) is 10.1 Å². The molecule has 0 aliphatic heterocycles. The molecule has 2 aromatic carbocycles. The summed E-state index contributed by atoms with van der Waals surface area (Å²) in [7, 11) is 0. The van der Waals surface area contributed by atoms with Gasteiger partial charge in [-0.2, -0.15) is 14.9 Å². The van der Waals surface area contributed by atoms with Crippen LogP contribution in [0.5, 0.6) is 0 Å². The van der Waals surface area contributed by atoms with Gasteiger partial charge in [0.15, 0.2) is 0 Å². The van der Waals surface area contributed by atoms with Crippen molar-refractivity contribution in [3.63, 3.8) is 0 Å². The molecule has 0 spiro atoms. The van der Waals surface area contributed by atoms with Crippen LogP contribution < -0.4 is 11.0 Å². The lowest BCUT2D eigenvalue weighted by atomic mass is 10.2. The largest absolute Gasteiger partial charge is 0.292 e. The number of hydrogen-bond donors (Lipinski definition) is 1. The van der Waals surface area contributed by atoms with Crippen LogP contribution in [0.2, 0.25) is 5.02 Å². The van der Waals surface area contributed by atoms with Crippen LogP contribution in [0.3, 0.4) is 0 Å². The Morgan fingerprint density at radius 2 is 1.83 bits per heavy atom. The Balaban J connectivity index is 1.84. The predicted molar refractivity (Wildman–Crippen MR) is 92.5 cm³/mol. The number of benzene rings is 2. The number of anilines is 1. The first kappa shape index (κ1) is 15.9. The second-order valence-corrected chi connectivity index (χ2v) is 5.19. The summed E-state index contributed by atoms with van der Waals surface area (Å²) in [5.74, 6) is -0.397. The van der Waals surface area contributed by atoms with Crippen LogP contribution in [0.1, 0.15) is 5.56 Å². The standard InChI is InChI=1S/C17H12ClFN4O/c18-16-15(22-20-10-12-6-4-5-9-14(12)19)11-21-23(17(16)24)13-7-2-1-3-8-13/h1-11,22H/b20-10+. The molecule has 3 rings (SSSR count). The van der Waals surface area contributed by atoms with E-state index in [1.54, 1.807) is 42.5 Å². The van der Waals surface area contributed by atoms with Crippen molar-refractivity contribution in [3.05, 3.63) is 87.6 Å². The maximum atomic E-state index is 13.5. The highest BCUT2D eigenvalue weighted by Crippen LogP contribution is 2.16. The van der Waals surface area contributed by atoms with Gasteiger partial charge in [-0.05, 0) is 18.2 Å². The third kappa shape index (κ3) is 3.33. The van der Waals surface area contributed by atoms with E-state index in [2.05, 4.69) is 15.6 Å². The molecule has 0 atom stereocenters. The molecule has 0 bridgehead atoms. The summed E-state index contributed by atoms with van der Waals surface area (Å²) >= 11 is 6.08. The van der Waals surface area contributed by atoms with Gasteiger partial charge >= 0.3 is 0 Å². The molecule has 3 aromatic rings. The van der Waals surface area contributed by atoms with Gasteiger partial charge in [-0.1, -0.05) is 48.0 Å². The van der Waals surface area contributed by atoms with Crippen LogP contribution >= 0.6 is 11.6 Å². The molecule has 24 heavy (non-hydrogen) atoms. The number of nitrogens with one attached hydrogen (secondary N) is 1. The van der Waals surface area contributed by atoms with Gasteiger partial charge in [0, 0.05) is 5.56 Å². The van der Waals surface area contributed by atoms with E-state index in [1.165, 1.54) is 23.2 Å². The van der Waals surface area contributed by atoms with Crippen LogP contribution in [0.15, 0.2) is 70.7 Å². The van der Waals surface area contributed by atoms with Gasteiger partial charge in [0.1, 0.15) is 16.5 Å². The SMILES string of the molecule is O=c1c(Cl)c(N/N=C/c2ccccc2F)cnn1-c1ccccc1. The summed E-state index contributed by atoms with van der Waals surface area (Å²) in [4.78, 5) is 12.3. The number of hydrogen-bond acceptors (Lipinski definition) is 4. The predicted octanol–water partition coefficient (Wildman–Crippen LogP) is 3.47. The molecule has 0 aliphatic rings. The average Bonchev–Trinajstić information content (AvgIpc) is 2.61. The highest BCUT2D eigenvalue weighted by Gasteiger charge is 2.10. The van der Waals surface area contributed by atoms with Gasteiger partial charge in [-0.3, -0.25) is 10.2 Å². The third-order valence-electron chi connectivity index (χ3n) is 3.21. The fourth-order valence-electron chi connectivity index (χ4n) is 2.01. The minimum absolute atomic E-state index is 0.0560. The van der Waals surface area contributed by atoms with Crippen molar-refractivity contribution < 1.29 is 4.39 Å². The Morgan fingerprint density at radius 3 is 2.58 bits per heavy atom. The van der Waals surface area contributed by atoms with Gasteiger partial charge in [-0.25, -0.2) is 4.39 Å². The minimum Gasteiger partial charge on any atom is -0.275 e. The molecule has 0 unspecified atom stereocenters. The molecule has 0 fully saturated rings. The zero-order valence-corrected chi connectivity index (χ0v) is 13.1. The number of nitrogens with zero attached hydrogens (tertiary/aromatic N) is 3. The summed E-state index contributed by atoms with van der Waals surface area (Å²) in [6.07, 6.45) is 2.68. The quantitative estimate of drug-likeness (QED) is 0.583. The molecule has 1 heterocycles. The highest BCUT2D eigenvalue weighted by molar-refractivity contribution is 6.32. The van der Waals surface area contributed by atoms with Crippen molar-refractivity contribution in [1.82, 2.24) is 9.78 Å². The second kappa shape index (κ2) is 7.06. The van der Waals surface area contributed by atoms with Crippen LogP contribution in [0, 0.1) is 5.82 Å². The van der Waals surface area contributed by atoms with Crippen molar-refractivity contribution in [1.29, 1.82) is 0 Å². The van der Waals surface area contributed by atoms with Crippen molar-refractivity contribution in [3.8, 4) is 5.69 Å². The number of para-hydroxylation sites is 1. The molecule has 5 nitrogen and oxygen atoms in total. The topological polar surface area (TPSA) is 59.3 Å². The summed E-state index contributed by atoms with van der Waals surface area (Å²) in [5.41, 5.74) is 3.28. The fraction of sp³-hybridized carbons (Fsp3) is 0. The number of aromatic nitrogens is 2. The second-order valence-electron chi connectivity index (χ2n) is 4.82. The third-order valence-corrected chi connectivity index (χ3v) is 3.58. The van der Waals surface area contributed by atoms with Gasteiger partial charge < -0.3 is 0 Å². The first-order valence-corrected chi connectivity index (χ1v) is 7.41. The van der Waals surface area contributed by atoms with E-state index in [0.29, 0.717) is 11.3 Å². The molecular formula is C17H12ClFN4O. The van der Waals surface area contributed by atoms with E-state index in [1.807, 2.05) is 6.07 Å². The van der Waals surface area contributed by atoms with E-state index in [9.17, 15) is 9.18 Å². The summed E-state index contributed by atoms with van der Waals surface area (Å²) in [5, 5.41) is 7.90. The Kier molecular flexibility index (Phi) is 4.67.